The molecule has 156 valence electrons. The fraction of sp³-hybridized carbons (Fsp3) is 0.217. The largest absolute Gasteiger partial charge is 0.506 e. The summed E-state index contributed by atoms with van der Waals surface area (Å²) in [4.78, 5) is 25.8. The van der Waals surface area contributed by atoms with Crippen LogP contribution >= 0.6 is 0 Å². The number of pyridine rings is 1. The molecule has 0 aliphatic rings. The lowest BCUT2D eigenvalue weighted by atomic mass is 10.1. The maximum atomic E-state index is 13.0. The lowest BCUT2D eigenvalue weighted by molar-refractivity contribution is 0.0949. The lowest BCUT2D eigenvalue weighted by Gasteiger charge is -2.16. The van der Waals surface area contributed by atoms with Gasteiger partial charge >= 0.3 is 0 Å². The molecule has 0 saturated heterocycles. The summed E-state index contributed by atoms with van der Waals surface area (Å²) in [6.07, 6.45) is 2.15. The van der Waals surface area contributed by atoms with Crippen LogP contribution < -0.4 is 20.3 Å². The van der Waals surface area contributed by atoms with Crippen LogP contribution in [0, 0.1) is 0 Å². The fourth-order valence-electron chi connectivity index (χ4n) is 3.33. The van der Waals surface area contributed by atoms with Crippen molar-refractivity contribution in [3.8, 4) is 17.2 Å². The second kappa shape index (κ2) is 9.17. The molecule has 0 aliphatic carbocycles. The average Bonchev–Trinajstić information content (AvgIpc) is 2.76. The van der Waals surface area contributed by atoms with Crippen LogP contribution in [0.2, 0.25) is 0 Å². The van der Waals surface area contributed by atoms with Gasteiger partial charge in [0, 0.05) is 24.5 Å². The zero-order valence-corrected chi connectivity index (χ0v) is 17.0. The molecule has 1 heterocycles. The molecule has 0 bridgehead atoms. The highest BCUT2D eigenvalue weighted by Crippen LogP contribution is 2.36. The van der Waals surface area contributed by atoms with E-state index in [9.17, 15) is 14.7 Å². The van der Waals surface area contributed by atoms with Gasteiger partial charge < -0.3 is 24.5 Å². The normalized spacial score (nSPS) is 10.6. The maximum absolute atomic E-state index is 13.0. The summed E-state index contributed by atoms with van der Waals surface area (Å²) >= 11 is 0. The number of allylic oxidation sites excluding steroid dienone is 1. The van der Waals surface area contributed by atoms with Crippen LogP contribution in [-0.2, 0) is 13.0 Å². The van der Waals surface area contributed by atoms with Crippen molar-refractivity contribution in [2.24, 2.45) is 0 Å². The molecular weight excluding hydrogens is 384 g/mol. The van der Waals surface area contributed by atoms with Gasteiger partial charge in [-0.25, -0.2) is 0 Å². The first-order chi connectivity index (χ1) is 14.5. The number of aromatic hydroxyl groups is 1. The molecule has 0 saturated carbocycles. The highest BCUT2D eigenvalue weighted by Gasteiger charge is 2.23. The Bertz CT molecular complexity index is 1140. The Labute approximate surface area is 174 Å². The third kappa shape index (κ3) is 4.00. The first kappa shape index (κ1) is 21.0. The van der Waals surface area contributed by atoms with Crippen LogP contribution in [0.15, 0.2) is 59.9 Å². The van der Waals surface area contributed by atoms with Gasteiger partial charge in [-0.2, -0.15) is 0 Å². The number of aromatic nitrogens is 1. The molecule has 0 radical (unpaired) electrons. The summed E-state index contributed by atoms with van der Waals surface area (Å²) in [6.45, 7) is 4.17. The number of hydrogen-bond acceptors (Lipinski definition) is 5. The van der Waals surface area contributed by atoms with Crippen molar-refractivity contribution in [2.45, 2.75) is 13.0 Å². The van der Waals surface area contributed by atoms with Gasteiger partial charge in [0.1, 0.15) is 11.3 Å². The number of hydrogen-bond donors (Lipinski definition) is 2. The summed E-state index contributed by atoms with van der Waals surface area (Å²) in [5.41, 5.74) is 0.547. The van der Waals surface area contributed by atoms with Gasteiger partial charge in [-0.15, -0.1) is 6.58 Å². The van der Waals surface area contributed by atoms with Crippen molar-refractivity contribution in [2.75, 3.05) is 20.8 Å². The number of nitrogens with zero attached hydrogens (tertiary/aromatic N) is 1. The summed E-state index contributed by atoms with van der Waals surface area (Å²) in [6, 6.07) is 12.8. The number of carbonyl (C=O) groups is 1. The van der Waals surface area contributed by atoms with E-state index in [-0.39, 0.29) is 12.1 Å². The third-order valence-electron chi connectivity index (χ3n) is 4.82. The molecule has 0 unspecified atom stereocenters. The van der Waals surface area contributed by atoms with E-state index in [2.05, 4.69) is 11.9 Å². The van der Waals surface area contributed by atoms with Crippen molar-refractivity contribution in [1.29, 1.82) is 0 Å². The Morgan fingerprint density at radius 2 is 1.83 bits per heavy atom. The summed E-state index contributed by atoms with van der Waals surface area (Å²) in [5, 5.41) is 13.8. The molecule has 0 fully saturated rings. The van der Waals surface area contributed by atoms with Crippen molar-refractivity contribution >= 4 is 16.8 Å². The van der Waals surface area contributed by atoms with Crippen LogP contribution in [-0.4, -0.2) is 36.3 Å². The SMILES string of the molecule is C=CCn1c(=O)c(C(=O)NCCc2ccccc2)c(O)c2cc(OC)c(OC)cc21. The Hall–Kier alpha value is -3.74. The van der Waals surface area contributed by atoms with Crippen LogP contribution in [0.5, 0.6) is 17.2 Å². The number of benzene rings is 2. The molecule has 7 nitrogen and oxygen atoms in total. The average molecular weight is 408 g/mol. The number of amides is 1. The van der Waals surface area contributed by atoms with Crippen LogP contribution in [0.4, 0.5) is 0 Å². The van der Waals surface area contributed by atoms with Gasteiger partial charge in [0.2, 0.25) is 0 Å². The van der Waals surface area contributed by atoms with E-state index in [0.29, 0.717) is 35.4 Å². The van der Waals surface area contributed by atoms with E-state index in [1.165, 1.54) is 18.8 Å². The molecular formula is C23H24N2O5. The molecule has 2 N–H and O–H groups in total. The second-order valence-electron chi connectivity index (χ2n) is 6.64. The van der Waals surface area contributed by atoms with E-state index in [0.717, 1.165) is 5.56 Å². The minimum absolute atomic E-state index is 0.162. The van der Waals surface area contributed by atoms with Gasteiger partial charge in [-0.3, -0.25) is 9.59 Å². The molecule has 1 aromatic heterocycles. The number of carbonyl (C=O) groups excluding carboxylic acids is 1. The molecule has 3 aromatic rings. The molecule has 0 aliphatic heterocycles. The van der Waals surface area contributed by atoms with Crippen molar-refractivity contribution < 1.29 is 19.4 Å². The van der Waals surface area contributed by atoms with Gasteiger partial charge in [-0.05, 0) is 18.1 Å². The molecule has 30 heavy (non-hydrogen) atoms. The predicted molar refractivity (Wildman–Crippen MR) is 116 cm³/mol. The zero-order valence-electron chi connectivity index (χ0n) is 17.0. The monoisotopic (exact) mass is 408 g/mol. The zero-order chi connectivity index (χ0) is 21.7. The van der Waals surface area contributed by atoms with E-state index < -0.39 is 17.2 Å². The quantitative estimate of drug-likeness (QED) is 0.560. The summed E-state index contributed by atoms with van der Waals surface area (Å²) in [5.74, 6) is -0.252. The number of ether oxygens (including phenoxy) is 2. The standard InChI is InChI=1S/C23H24N2O5/c1-4-12-25-17-14-19(30-3)18(29-2)13-16(17)21(26)20(23(25)28)22(27)24-11-10-15-8-6-5-7-9-15/h4-9,13-14,26H,1,10-12H2,2-3H3,(H,24,27). The van der Waals surface area contributed by atoms with Crippen LogP contribution in [0.3, 0.4) is 0 Å². The molecule has 2 aromatic carbocycles. The van der Waals surface area contributed by atoms with E-state index in [4.69, 9.17) is 9.47 Å². The van der Waals surface area contributed by atoms with Crippen molar-refractivity contribution in [3.05, 3.63) is 76.6 Å². The highest BCUT2D eigenvalue weighted by atomic mass is 16.5. The number of rotatable bonds is 8. The summed E-state index contributed by atoms with van der Waals surface area (Å²) in [7, 11) is 2.95. The van der Waals surface area contributed by atoms with E-state index >= 15 is 0 Å². The Balaban J connectivity index is 2.04. The first-order valence-corrected chi connectivity index (χ1v) is 9.46. The van der Waals surface area contributed by atoms with Crippen LogP contribution in [0.25, 0.3) is 10.9 Å². The molecule has 0 spiro atoms. The number of methoxy groups -OCH3 is 2. The molecule has 1 amide bonds. The van der Waals surface area contributed by atoms with Gasteiger partial charge in [-0.1, -0.05) is 36.4 Å². The Morgan fingerprint density at radius 3 is 2.47 bits per heavy atom. The Kier molecular flexibility index (Phi) is 6.41. The Morgan fingerprint density at radius 1 is 1.17 bits per heavy atom. The molecule has 3 rings (SSSR count). The van der Waals surface area contributed by atoms with Crippen molar-refractivity contribution in [1.82, 2.24) is 9.88 Å². The topological polar surface area (TPSA) is 89.8 Å². The number of fused-ring (bicyclic) bond motifs is 1. The minimum Gasteiger partial charge on any atom is -0.506 e. The molecule has 7 heteroatoms. The lowest BCUT2D eigenvalue weighted by Crippen LogP contribution is -2.34. The minimum atomic E-state index is -0.636. The van der Waals surface area contributed by atoms with Crippen LogP contribution in [0.1, 0.15) is 15.9 Å². The van der Waals surface area contributed by atoms with E-state index in [1.54, 1.807) is 18.2 Å². The first-order valence-electron chi connectivity index (χ1n) is 9.46. The summed E-state index contributed by atoms with van der Waals surface area (Å²) < 4.78 is 12.0. The maximum Gasteiger partial charge on any atom is 0.268 e. The van der Waals surface area contributed by atoms with Crippen molar-refractivity contribution in [3.63, 3.8) is 0 Å². The predicted octanol–water partition coefficient (Wildman–Crippen LogP) is 2.88. The van der Waals surface area contributed by atoms with Gasteiger partial charge in [0.05, 0.1) is 19.7 Å². The van der Waals surface area contributed by atoms with Gasteiger partial charge in [0.15, 0.2) is 11.5 Å². The second-order valence-corrected chi connectivity index (χ2v) is 6.64. The fourth-order valence-corrected chi connectivity index (χ4v) is 3.33. The third-order valence-corrected chi connectivity index (χ3v) is 4.82. The number of nitrogens with one attached hydrogen (secondary N) is 1. The van der Waals surface area contributed by atoms with E-state index in [1.807, 2.05) is 30.3 Å². The van der Waals surface area contributed by atoms with Gasteiger partial charge in [0.25, 0.3) is 11.5 Å². The highest BCUT2D eigenvalue weighted by molar-refractivity contribution is 6.03. The molecule has 0 atom stereocenters. The smallest absolute Gasteiger partial charge is 0.268 e.